The monoisotopic (exact) mass is 482 g/mol. The number of aliphatic imine (C=N–C) groups is 1. The van der Waals surface area contributed by atoms with Crippen LogP contribution in [0, 0.1) is 0 Å². The van der Waals surface area contributed by atoms with Gasteiger partial charge in [-0.15, -0.1) is 24.0 Å². The van der Waals surface area contributed by atoms with Crippen LogP contribution in [0.5, 0.6) is 0 Å². The largest absolute Gasteiger partial charge is 0.370 e. The molecule has 7 heteroatoms. The van der Waals surface area contributed by atoms with Crippen molar-refractivity contribution in [3.05, 3.63) is 34.3 Å². The quantitative estimate of drug-likeness (QED) is 0.271. The van der Waals surface area contributed by atoms with Crippen LogP contribution in [0.15, 0.2) is 33.7 Å². The van der Waals surface area contributed by atoms with Crippen LogP contribution in [-0.4, -0.2) is 42.9 Å². The zero-order valence-corrected chi connectivity index (χ0v) is 16.9. The summed E-state index contributed by atoms with van der Waals surface area (Å²) in [6.45, 7) is 7.00. The number of benzene rings is 1. The van der Waals surface area contributed by atoms with E-state index in [2.05, 4.69) is 26.2 Å². The maximum absolute atomic E-state index is 11.9. The van der Waals surface area contributed by atoms with Crippen molar-refractivity contribution in [1.29, 1.82) is 0 Å². The second-order valence-corrected chi connectivity index (χ2v) is 5.44. The Morgan fingerprint density at radius 3 is 2.41 bits per heavy atom. The maximum atomic E-state index is 11.9. The van der Waals surface area contributed by atoms with Crippen molar-refractivity contribution in [2.75, 3.05) is 26.2 Å². The highest BCUT2D eigenvalue weighted by Gasteiger charge is 2.04. The normalized spacial score (nSPS) is 10.8. The Morgan fingerprint density at radius 2 is 1.86 bits per heavy atom. The first kappa shape index (κ1) is 21.2. The minimum atomic E-state index is -0.0665. The zero-order valence-electron chi connectivity index (χ0n) is 13.0. The fourth-order valence-corrected chi connectivity index (χ4v) is 2.09. The second kappa shape index (κ2) is 11.7. The molecule has 0 atom stereocenters. The van der Waals surface area contributed by atoms with Crippen LogP contribution in [-0.2, 0) is 0 Å². The first-order chi connectivity index (χ1) is 10.1. The summed E-state index contributed by atoms with van der Waals surface area (Å²) < 4.78 is 0.959. The Morgan fingerprint density at radius 1 is 1.27 bits per heavy atom. The van der Waals surface area contributed by atoms with Gasteiger partial charge in [0.2, 0.25) is 0 Å². The molecule has 1 aromatic carbocycles. The van der Waals surface area contributed by atoms with Crippen molar-refractivity contribution in [2.45, 2.75) is 20.3 Å². The summed E-state index contributed by atoms with van der Waals surface area (Å²) >= 11 is 3.34. The van der Waals surface area contributed by atoms with Crippen LogP contribution in [0.1, 0.15) is 30.6 Å². The topological polar surface area (TPSA) is 70.7 Å². The Labute approximate surface area is 157 Å². The number of carbonyl (C=O) groups excluding carboxylic acids is 1. The lowest BCUT2D eigenvalue weighted by atomic mass is 10.2. The van der Waals surface area contributed by atoms with E-state index in [9.17, 15) is 4.79 Å². The van der Waals surface area contributed by atoms with Crippen molar-refractivity contribution in [2.24, 2.45) is 10.7 Å². The molecule has 0 aliphatic heterocycles. The Balaban J connectivity index is 0.00000441. The molecule has 0 aliphatic carbocycles. The first-order valence-electron chi connectivity index (χ1n) is 7.17. The van der Waals surface area contributed by atoms with Gasteiger partial charge in [0, 0.05) is 36.2 Å². The third-order valence-electron chi connectivity index (χ3n) is 3.09. The number of hydrogen-bond donors (Lipinski definition) is 2. The number of rotatable bonds is 7. The van der Waals surface area contributed by atoms with E-state index >= 15 is 0 Å². The Bertz CT molecular complexity index is 475. The minimum absolute atomic E-state index is 0. The molecule has 0 radical (unpaired) electrons. The molecule has 0 spiro atoms. The lowest BCUT2D eigenvalue weighted by Crippen LogP contribution is -2.37. The molecule has 1 aromatic rings. The van der Waals surface area contributed by atoms with E-state index in [-0.39, 0.29) is 29.9 Å². The van der Waals surface area contributed by atoms with Gasteiger partial charge in [0.15, 0.2) is 5.96 Å². The number of hydrogen-bond acceptors (Lipinski definition) is 2. The first-order valence-corrected chi connectivity index (χ1v) is 7.96. The van der Waals surface area contributed by atoms with E-state index in [1.807, 2.05) is 30.9 Å². The SMILES string of the molecule is CCN(CC)C(N)=NCCCNC(=O)c1ccc(Br)cc1.I. The van der Waals surface area contributed by atoms with Gasteiger partial charge >= 0.3 is 0 Å². The average molecular weight is 483 g/mol. The smallest absolute Gasteiger partial charge is 0.251 e. The molecule has 1 amide bonds. The van der Waals surface area contributed by atoms with Gasteiger partial charge in [-0.05, 0) is 44.5 Å². The van der Waals surface area contributed by atoms with Crippen molar-refractivity contribution in [3.8, 4) is 0 Å². The van der Waals surface area contributed by atoms with E-state index in [4.69, 9.17) is 5.73 Å². The summed E-state index contributed by atoms with van der Waals surface area (Å²) in [5.41, 5.74) is 6.53. The fraction of sp³-hybridized carbons (Fsp3) is 0.467. The van der Waals surface area contributed by atoms with Crippen molar-refractivity contribution in [3.63, 3.8) is 0 Å². The molecular formula is C15H24BrIN4O. The summed E-state index contributed by atoms with van der Waals surface area (Å²) in [6.07, 6.45) is 0.768. The molecule has 3 N–H and O–H groups in total. The third-order valence-corrected chi connectivity index (χ3v) is 3.62. The number of carbonyl (C=O) groups is 1. The second-order valence-electron chi connectivity index (χ2n) is 4.53. The van der Waals surface area contributed by atoms with Crippen LogP contribution >= 0.6 is 39.9 Å². The van der Waals surface area contributed by atoms with E-state index in [0.29, 0.717) is 24.6 Å². The molecule has 124 valence electrons. The molecule has 0 fully saturated rings. The molecule has 0 unspecified atom stereocenters. The van der Waals surface area contributed by atoms with Gasteiger partial charge in [-0.3, -0.25) is 9.79 Å². The lowest BCUT2D eigenvalue weighted by Gasteiger charge is -2.19. The van der Waals surface area contributed by atoms with Gasteiger partial charge < -0.3 is 16.0 Å². The van der Waals surface area contributed by atoms with E-state index in [0.717, 1.165) is 24.0 Å². The summed E-state index contributed by atoms with van der Waals surface area (Å²) in [6, 6.07) is 7.28. The predicted octanol–water partition coefficient (Wildman–Crippen LogP) is 2.84. The van der Waals surface area contributed by atoms with Crippen LogP contribution in [0.25, 0.3) is 0 Å². The van der Waals surface area contributed by atoms with Gasteiger partial charge in [-0.1, -0.05) is 15.9 Å². The number of nitrogens with two attached hydrogens (primary N) is 1. The molecule has 0 bridgehead atoms. The van der Waals surface area contributed by atoms with E-state index < -0.39 is 0 Å². The molecule has 0 heterocycles. The molecular weight excluding hydrogens is 459 g/mol. The van der Waals surface area contributed by atoms with Crippen LogP contribution in [0.3, 0.4) is 0 Å². The lowest BCUT2D eigenvalue weighted by molar-refractivity contribution is 0.0953. The maximum Gasteiger partial charge on any atom is 0.251 e. The highest BCUT2D eigenvalue weighted by atomic mass is 127. The van der Waals surface area contributed by atoms with E-state index in [1.165, 1.54) is 0 Å². The number of guanidine groups is 1. The van der Waals surface area contributed by atoms with Crippen LogP contribution in [0.4, 0.5) is 0 Å². The highest BCUT2D eigenvalue weighted by Crippen LogP contribution is 2.10. The number of halogens is 2. The average Bonchev–Trinajstić information content (AvgIpc) is 2.48. The number of nitrogens with zero attached hydrogens (tertiary/aromatic N) is 2. The molecule has 5 nitrogen and oxygen atoms in total. The molecule has 1 rings (SSSR count). The summed E-state index contributed by atoms with van der Waals surface area (Å²) in [7, 11) is 0. The molecule has 22 heavy (non-hydrogen) atoms. The summed E-state index contributed by atoms with van der Waals surface area (Å²) in [4.78, 5) is 18.2. The highest BCUT2D eigenvalue weighted by molar-refractivity contribution is 14.0. The predicted molar refractivity (Wildman–Crippen MR) is 106 cm³/mol. The zero-order chi connectivity index (χ0) is 15.7. The Kier molecular flexibility index (Phi) is 11.3. The summed E-state index contributed by atoms with van der Waals surface area (Å²) in [5.74, 6) is 0.502. The van der Waals surface area contributed by atoms with Gasteiger partial charge in [0.05, 0.1) is 0 Å². The van der Waals surface area contributed by atoms with Crippen molar-refractivity contribution in [1.82, 2.24) is 10.2 Å². The minimum Gasteiger partial charge on any atom is -0.370 e. The van der Waals surface area contributed by atoms with Crippen LogP contribution in [0.2, 0.25) is 0 Å². The Hall–Kier alpha value is -0.830. The molecule has 0 saturated carbocycles. The van der Waals surface area contributed by atoms with Gasteiger partial charge in [0.25, 0.3) is 5.91 Å². The van der Waals surface area contributed by atoms with Gasteiger partial charge in [0.1, 0.15) is 0 Å². The number of nitrogens with one attached hydrogen (secondary N) is 1. The third kappa shape index (κ3) is 7.44. The molecule has 0 saturated heterocycles. The molecule has 0 aromatic heterocycles. The van der Waals surface area contributed by atoms with Gasteiger partial charge in [-0.25, -0.2) is 0 Å². The summed E-state index contributed by atoms with van der Waals surface area (Å²) in [5, 5.41) is 2.87. The fourth-order valence-electron chi connectivity index (χ4n) is 1.83. The van der Waals surface area contributed by atoms with Crippen LogP contribution < -0.4 is 11.1 Å². The van der Waals surface area contributed by atoms with Crippen molar-refractivity contribution >= 4 is 51.8 Å². The van der Waals surface area contributed by atoms with E-state index in [1.54, 1.807) is 12.1 Å². The van der Waals surface area contributed by atoms with Crippen molar-refractivity contribution < 1.29 is 4.79 Å². The standard InChI is InChI=1S/C15H23BrN4O.HI/c1-3-20(4-2)15(17)19-11-5-10-18-14(21)12-6-8-13(16)9-7-12;/h6-9H,3-5,10-11H2,1-2H3,(H2,17,19)(H,18,21);1H. The number of amides is 1. The molecule has 0 aliphatic rings. The van der Waals surface area contributed by atoms with Gasteiger partial charge in [-0.2, -0.15) is 0 Å².